The van der Waals surface area contributed by atoms with Gasteiger partial charge in [-0.25, -0.2) is 9.18 Å². The maximum Gasteiger partial charge on any atom is 0.338 e. The van der Waals surface area contributed by atoms with Crippen LogP contribution in [-0.4, -0.2) is 30.9 Å². The lowest BCUT2D eigenvalue weighted by Gasteiger charge is -2.08. The second kappa shape index (κ2) is 8.44. The van der Waals surface area contributed by atoms with Gasteiger partial charge in [-0.15, -0.1) is 0 Å². The SMILES string of the molecule is Nc1ccc(C(=O)OCC(=O)NCC(=O)Nc2ccc(F)cc2)cc1. The fourth-order valence-electron chi connectivity index (χ4n) is 1.80. The number of benzene rings is 2. The van der Waals surface area contributed by atoms with Gasteiger partial charge in [-0.3, -0.25) is 9.59 Å². The predicted molar refractivity (Wildman–Crippen MR) is 89.2 cm³/mol. The largest absolute Gasteiger partial charge is 0.452 e. The first-order chi connectivity index (χ1) is 11.9. The zero-order chi connectivity index (χ0) is 18.2. The Balaban J connectivity index is 1.71. The zero-order valence-electron chi connectivity index (χ0n) is 13.1. The molecule has 130 valence electrons. The molecular weight excluding hydrogens is 329 g/mol. The number of nitrogen functional groups attached to an aromatic ring is 1. The molecule has 0 heterocycles. The molecule has 0 fully saturated rings. The highest BCUT2D eigenvalue weighted by molar-refractivity contribution is 5.95. The fourth-order valence-corrected chi connectivity index (χ4v) is 1.80. The number of carbonyl (C=O) groups excluding carboxylic acids is 3. The van der Waals surface area contributed by atoms with Gasteiger partial charge in [0.25, 0.3) is 5.91 Å². The van der Waals surface area contributed by atoms with Gasteiger partial charge >= 0.3 is 5.97 Å². The number of nitrogens with two attached hydrogens (primary N) is 1. The van der Waals surface area contributed by atoms with Crippen molar-refractivity contribution in [2.75, 3.05) is 24.2 Å². The first-order valence-corrected chi connectivity index (χ1v) is 7.29. The Kier molecular flexibility index (Phi) is 6.05. The molecule has 0 atom stereocenters. The third-order valence-corrected chi connectivity index (χ3v) is 3.05. The molecule has 4 N–H and O–H groups in total. The minimum atomic E-state index is -0.675. The summed E-state index contributed by atoms with van der Waals surface area (Å²) in [6.45, 7) is -0.831. The van der Waals surface area contributed by atoms with Crippen LogP contribution in [0.15, 0.2) is 48.5 Å². The van der Waals surface area contributed by atoms with E-state index in [0.29, 0.717) is 11.4 Å². The number of hydrogen-bond acceptors (Lipinski definition) is 5. The lowest BCUT2D eigenvalue weighted by atomic mass is 10.2. The van der Waals surface area contributed by atoms with E-state index in [1.54, 1.807) is 0 Å². The number of ether oxygens (including phenoxy) is 1. The molecule has 2 aromatic carbocycles. The Hall–Kier alpha value is -3.42. The van der Waals surface area contributed by atoms with Crippen LogP contribution in [0.25, 0.3) is 0 Å². The minimum Gasteiger partial charge on any atom is -0.452 e. The molecule has 0 aliphatic carbocycles. The number of anilines is 2. The Morgan fingerprint density at radius 3 is 2.24 bits per heavy atom. The Morgan fingerprint density at radius 1 is 0.960 bits per heavy atom. The minimum absolute atomic E-state index is 0.260. The van der Waals surface area contributed by atoms with E-state index < -0.39 is 30.2 Å². The molecular formula is C17H16FN3O4. The highest BCUT2D eigenvalue weighted by Crippen LogP contribution is 2.08. The predicted octanol–water partition coefficient (Wildman–Crippen LogP) is 1.32. The van der Waals surface area contributed by atoms with Crippen molar-refractivity contribution in [2.24, 2.45) is 0 Å². The van der Waals surface area contributed by atoms with Crippen LogP contribution in [0.5, 0.6) is 0 Å². The number of nitrogens with one attached hydrogen (secondary N) is 2. The molecule has 25 heavy (non-hydrogen) atoms. The van der Waals surface area contributed by atoms with Crippen LogP contribution >= 0.6 is 0 Å². The van der Waals surface area contributed by atoms with Crippen molar-refractivity contribution in [3.05, 3.63) is 59.9 Å². The highest BCUT2D eigenvalue weighted by atomic mass is 19.1. The Bertz CT molecular complexity index is 760. The molecule has 0 saturated carbocycles. The summed E-state index contributed by atoms with van der Waals surface area (Å²) >= 11 is 0. The summed E-state index contributed by atoms with van der Waals surface area (Å²) in [5.74, 6) is -2.22. The van der Waals surface area contributed by atoms with Gasteiger partial charge in [0, 0.05) is 11.4 Å². The van der Waals surface area contributed by atoms with E-state index in [4.69, 9.17) is 10.5 Å². The van der Waals surface area contributed by atoms with Crippen molar-refractivity contribution in [1.82, 2.24) is 5.32 Å². The molecule has 0 spiro atoms. The average molecular weight is 345 g/mol. The van der Waals surface area contributed by atoms with Gasteiger partial charge in [-0.2, -0.15) is 0 Å². The van der Waals surface area contributed by atoms with Gasteiger partial charge < -0.3 is 21.1 Å². The van der Waals surface area contributed by atoms with Crippen LogP contribution in [0.2, 0.25) is 0 Å². The topological polar surface area (TPSA) is 111 Å². The van der Waals surface area contributed by atoms with Gasteiger partial charge in [0.2, 0.25) is 5.91 Å². The van der Waals surface area contributed by atoms with Crippen molar-refractivity contribution in [3.8, 4) is 0 Å². The molecule has 0 unspecified atom stereocenters. The van der Waals surface area contributed by atoms with Crippen molar-refractivity contribution in [1.29, 1.82) is 0 Å². The molecule has 0 aromatic heterocycles. The lowest BCUT2D eigenvalue weighted by molar-refractivity contribution is -0.126. The van der Waals surface area contributed by atoms with Crippen LogP contribution < -0.4 is 16.4 Å². The maximum atomic E-state index is 12.8. The van der Waals surface area contributed by atoms with Crippen molar-refractivity contribution < 1.29 is 23.5 Å². The number of hydrogen-bond donors (Lipinski definition) is 3. The van der Waals surface area contributed by atoms with Gasteiger partial charge in [-0.05, 0) is 48.5 Å². The number of rotatable bonds is 6. The number of carbonyl (C=O) groups is 3. The van der Waals surface area contributed by atoms with Crippen molar-refractivity contribution in [3.63, 3.8) is 0 Å². The van der Waals surface area contributed by atoms with E-state index in [1.165, 1.54) is 48.5 Å². The smallest absolute Gasteiger partial charge is 0.338 e. The summed E-state index contributed by atoms with van der Waals surface area (Å²) in [4.78, 5) is 35.0. The maximum absolute atomic E-state index is 12.8. The van der Waals surface area contributed by atoms with Crippen LogP contribution in [0.1, 0.15) is 10.4 Å². The Morgan fingerprint density at radius 2 is 1.60 bits per heavy atom. The van der Waals surface area contributed by atoms with Crippen LogP contribution in [0, 0.1) is 5.82 Å². The monoisotopic (exact) mass is 345 g/mol. The molecule has 7 nitrogen and oxygen atoms in total. The summed E-state index contributed by atoms with van der Waals surface area (Å²) < 4.78 is 17.6. The van der Waals surface area contributed by atoms with E-state index in [9.17, 15) is 18.8 Å². The molecule has 0 saturated heterocycles. The first-order valence-electron chi connectivity index (χ1n) is 7.29. The fraction of sp³-hybridized carbons (Fsp3) is 0.118. The molecule has 0 aliphatic heterocycles. The lowest BCUT2D eigenvalue weighted by Crippen LogP contribution is -2.35. The first kappa shape index (κ1) is 17.9. The second-order valence-electron chi connectivity index (χ2n) is 5.03. The molecule has 2 amide bonds. The summed E-state index contributed by atoms with van der Waals surface area (Å²) in [7, 11) is 0. The van der Waals surface area contributed by atoms with E-state index in [1.807, 2.05) is 0 Å². The molecule has 8 heteroatoms. The van der Waals surface area contributed by atoms with Crippen molar-refractivity contribution in [2.45, 2.75) is 0 Å². The molecule has 0 bridgehead atoms. The summed E-state index contributed by atoms with van der Waals surface area (Å²) in [5.41, 5.74) is 6.67. The summed E-state index contributed by atoms with van der Waals surface area (Å²) in [6, 6.07) is 11.2. The second-order valence-corrected chi connectivity index (χ2v) is 5.03. The molecule has 2 aromatic rings. The number of amides is 2. The molecule has 2 rings (SSSR count). The third kappa shape index (κ3) is 5.94. The number of esters is 1. The Labute approximate surface area is 143 Å². The van der Waals surface area contributed by atoms with E-state index in [2.05, 4.69) is 10.6 Å². The molecule has 0 radical (unpaired) electrons. The summed E-state index contributed by atoms with van der Waals surface area (Å²) in [5, 5.41) is 4.79. The quantitative estimate of drug-likeness (QED) is 0.540. The van der Waals surface area contributed by atoms with E-state index in [0.717, 1.165) is 0 Å². The average Bonchev–Trinajstić information content (AvgIpc) is 2.60. The van der Waals surface area contributed by atoms with Crippen LogP contribution in [0.4, 0.5) is 15.8 Å². The van der Waals surface area contributed by atoms with Gasteiger partial charge in [-0.1, -0.05) is 0 Å². The zero-order valence-corrected chi connectivity index (χ0v) is 13.1. The number of halogens is 1. The van der Waals surface area contributed by atoms with E-state index in [-0.39, 0.29) is 12.1 Å². The van der Waals surface area contributed by atoms with Gasteiger partial charge in [0.1, 0.15) is 5.82 Å². The normalized spacial score (nSPS) is 9.96. The summed E-state index contributed by atoms with van der Waals surface area (Å²) in [6.07, 6.45) is 0. The standard InChI is InChI=1S/C17H16FN3O4/c18-12-3-7-14(8-4-12)21-15(22)9-20-16(23)10-25-17(24)11-1-5-13(19)6-2-11/h1-8H,9-10,19H2,(H,20,23)(H,21,22). The van der Waals surface area contributed by atoms with Gasteiger partial charge in [0.15, 0.2) is 6.61 Å². The van der Waals surface area contributed by atoms with Gasteiger partial charge in [0.05, 0.1) is 12.1 Å². The highest BCUT2D eigenvalue weighted by Gasteiger charge is 2.11. The van der Waals surface area contributed by atoms with Crippen LogP contribution in [-0.2, 0) is 14.3 Å². The van der Waals surface area contributed by atoms with Crippen molar-refractivity contribution >= 4 is 29.2 Å². The third-order valence-electron chi connectivity index (χ3n) is 3.05. The van der Waals surface area contributed by atoms with E-state index >= 15 is 0 Å². The molecule has 0 aliphatic rings. The van der Waals surface area contributed by atoms with Crippen LogP contribution in [0.3, 0.4) is 0 Å².